The Labute approximate surface area is 180 Å². The molecule has 154 valence electrons. The summed E-state index contributed by atoms with van der Waals surface area (Å²) in [5.41, 5.74) is 9.72. The number of nitrogens with zero attached hydrogens (tertiary/aromatic N) is 1. The fourth-order valence-corrected chi connectivity index (χ4v) is 4.29. The number of rotatable bonds is 6. The standard InChI is InChI=1S/C26H23N3O2/c27-26(30)19-12-14-25(29-16-19)31-24-10-4-8-20-18(6-3-9-22(20)24)15-28-23-13-11-17-5-1-2-7-21(17)23/h1-10,12,14,16,23,28H,11,13,15H2,(H2,27,30)/t23-/m0/s1. The van der Waals surface area contributed by atoms with Gasteiger partial charge in [0.2, 0.25) is 11.8 Å². The Kier molecular flexibility index (Phi) is 5.10. The predicted octanol–water partition coefficient (Wildman–Crippen LogP) is 4.90. The van der Waals surface area contributed by atoms with Crippen molar-refractivity contribution in [2.45, 2.75) is 25.4 Å². The van der Waals surface area contributed by atoms with Crippen molar-refractivity contribution in [3.05, 3.63) is 101 Å². The summed E-state index contributed by atoms with van der Waals surface area (Å²) in [5, 5.41) is 5.90. The lowest BCUT2D eigenvalue weighted by molar-refractivity contribution is 0.1000. The highest BCUT2D eigenvalue weighted by molar-refractivity contribution is 5.92. The zero-order valence-electron chi connectivity index (χ0n) is 17.0. The van der Waals surface area contributed by atoms with Gasteiger partial charge in [-0.25, -0.2) is 4.98 Å². The Bertz CT molecular complexity index is 1250. The molecule has 1 aromatic heterocycles. The van der Waals surface area contributed by atoms with Crippen LogP contribution in [0.1, 0.15) is 39.5 Å². The van der Waals surface area contributed by atoms with E-state index in [9.17, 15) is 4.79 Å². The van der Waals surface area contributed by atoms with Crippen LogP contribution in [0, 0.1) is 0 Å². The van der Waals surface area contributed by atoms with Crippen molar-refractivity contribution in [3.63, 3.8) is 0 Å². The molecule has 0 unspecified atom stereocenters. The van der Waals surface area contributed by atoms with E-state index >= 15 is 0 Å². The van der Waals surface area contributed by atoms with Gasteiger partial charge in [0, 0.05) is 30.2 Å². The highest BCUT2D eigenvalue weighted by Crippen LogP contribution is 2.33. The maximum atomic E-state index is 11.2. The fourth-order valence-electron chi connectivity index (χ4n) is 4.29. The van der Waals surface area contributed by atoms with Gasteiger partial charge in [-0.15, -0.1) is 0 Å². The Hall–Kier alpha value is -3.70. The fraction of sp³-hybridized carbons (Fsp3) is 0.154. The van der Waals surface area contributed by atoms with E-state index in [1.165, 1.54) is 22.9 Å². The van der Waals surface area contributed by atoms with Gasteiger partial charge in [0.15, 0.2) is 0 Å². The summed E-state index contributed by atoms with van der Waals surface area (Å²) in [5.74, 6) is 0.639. The van der Waals surface area contributed by atoms with Crippen LogP contribution >= 0.6 is 0 Å². The van der Waals surface area contributed by atoms with Gasteiger partial charge in [-0.05, 0) is 47.1 Å². The van der Waals surface area contributed by atoms with Crippen molar-refractivity contribution in [3.8, 4) is 11.6 Å². The highest BCUT2D eigenvalue weighted by atomic mass is 16.5. The largest absolute Gasteiger partial charge is 0.438 e. The zero-order chi connectivity index (χ0) is 21.2. The summed E-state index contributed by atoms with van der Waals surface area (Å²) in [6, 6.07) is 24.6. The first-order valence-electron chi connectivity index (χ1n) is 10.4. The number of aryl methyl sites for hydroxylation is 1. The second-order valence-electron chi connectivity index (χ2n) is 7.79. The molecule has 0 saturated carbocycles. The van der Waals surface area contributed by atoms with Crippen LogP contribution in [0.15, 0.2) is 79.0 Å². The van der Waals surface area contributed by atoms with Crippen molar-refractivity contribution >= 4 is 16.7 Å². The summed E-state index contributed by atoms with van der Waals surface area (Å²) in [7, 11) is 0. The van der Waals surface area contributed by atoms with E-state index in [0.29, 0.717) is 17.5 Å². The summed E-state index contributed by atoms with van der Waals surface area (Å²) < 4.78 is 6.02. The summed E-state index contributed by atoms with van der Waals surface area (Å²) in [6.45, 7) is 0.783. The number of pyridine rings is 1. The number of fused-ring (bicyclic) bond motifs is 2. The maximum absolute atomic E-state index is 11.2. The SMILES string of the molecule is NC(=O)c1ccc(Oc2cccc3c(CN[C@H]4CCc5ccccc54)cccc23)nc1. The van der Waals surface area contributed by atoms with Crippen LogP contribution in [-0.4, -0.2) is 10.9 Å². The molecule has 0 radical (unpaired) electrons. The number of ether oxygens (including phenoxy) is 1. The topological polar surface area (TPSA) is 77.2 Å². The molecule has 3 aromatic carbocycles. The van der Waals surface area contributed by atoms with E-state index in [0.717, 1.165) is 35.9 Å². The number of primary amides is 1. The van der Waals surface area contributed by atoms with E-state index in [4.69, 9.17) is 10.5 Å². The second kappa shape index (κ2) is 8.20. The highest BCUT2D eigenvalue weighted by Gasteiger charge is 2.21. The minimum atomic E-state index is -0.508. The number of hydrogen-bond acceptors (Lipinski definition) is 4. The third-order valence-corrected chi connectivity index (χ3v) is 5.88. The monoisotopic (exact) mass is 409 g/mol. The van der Waals surface area contributed by atoms with Gasteiger partial charge in [-0.2, -0.15) is 0 Å². The van der Waals surface area contributed by atoms with Crippen molar-refractivity contribution in [1.29, 1.82) is 0 Å². The number of hydrogen-bond donors (Lipinski definition) is 2. The van der Waals surface area contributed by atoms with Crippen LogP contribution in [0.5, 0.6) is 11.6 Å². The van der Waals surface area contributed by atoms with Gasteiger partial charge in [-0.1, -0.05) is 54.6 Å². The number of carbonyl (C=O) groups excluding carboxylic acids is 1. The van der Waals surface area contributed by atoms with E-state index in [2.05, 4.69) is 58.8 Å². The molecule has 0 spiro atoms. The van der Waals surface area contributed by atoms with Crippen LogP contribution in [0.4, 0.5) is 0 Å². The number of aromatic nitrogens is 1. The van der Waals surface area contributed by atoms with Crippen LogP contribution < -0.4 is 15.8 Å². The van der Waals surface area contributed by atoms with Gasteiger partial charge < -0.3 is 15.8 Å². The summed E-state index contributed by atoms with van der Waals surface area (Å²) in [4.78, 5) is 15.4. The van der Waals surface area contributed by atoms with Crippen molar-refractivity contribution in [2.24, 2.45) is 5.73 Å². The molecular weight excluding hydrogens is 386 g/mol. The van der Waals surface area contributed by atoms with E-state index in [1.807, 2.05) is 12.1 Å². The molecule has 1 heterocycles. The van der Waals surface area contributed by atoms with Crippen LogP contribution in [0.3, 0.4) is 0 Å². The van der Waals surface area contributed by atoms with Gasteiger partial charge in [0.05, 0.1) is 5.56 Å². The Morgan fingerprint density at radius 2 is 1.84 bits per heavy atom. The third-order valence-electron chi connectivity index (χ3n) is 5.88. The molecular formula is C26H23N3O2. The quantitative estimate of drug-likeness (QED) is 0.475. The average Bonchev–Trinajstić information content (AvgIpc) is 3.21. The average molecular weight is 409 g/mol. The smallest absolute Gasteiger partial charge is 0.250 e. The Morgan fingerprint density at radius 3 is 2.68 bits per heavy atom. The molecule has 0 bridgehead atoms. The molecule has 0 aliphatic heterocycles. The van der Waals surface area contributed by atoms with Crippen molar-refractivity contribution < 1.29 is 9.53 Å². The van der Waals surface area contributed by atoms with Gasteiger partial charge in [0.25, 0.3) is 0 Å². The number of nitrogens with one attached hydrogen (secondary N) is 1. The van der Waals surface area contributed by atoms with Crippen LogP contribution in [0.25, 0.3) is 10.8 Å². The zero-order valence-corrected chi connectivity index (χ0v) is 17.0. The number of benzene rings is 3. The molecule has 5 nitrogen and oxygen atoms in total. The molecule has 5 rings (SSSR count). The normalized spacial score (nSPS) is 15.0. The molecule has 31 heavy (non-hydrogen) atoms. The first-order valence-corrected chi connectivity index (χ1v) is 10.4. The van der Waals surface area contributed by atoms with E-state index < -0.39 is 5.91 Å². The molecule has 0 fully saturated rings. The Morgan fingerprint density at radius 1 is 1.00 bits per heavy atom. The van der Waals surface area contributed by atoms with Crippen molar-refractivity contribution in [2.75, 3.05) is 0 Å². The first-order chi connectivity index (χ1) is 15.2. The van der Waals surface area contributed by atoms with Crippen LogP contribution in [0.2, 0.25) is 0 Å². The van der Waals surface area contributed by atoms with Crippen molar-refractivity contribution in [1.82, 2.24) is 10.3 Å². The maximum Gasteiger partial charge on any atom is 0.250 e. The second-order valence-corrected chi connectivity index (χ2v) is 7.79. The molecule has 1 atom stereocenters. The Balaban J connectivity index is 1.38. The minimum Gasteiger partial charge on any atom is -0.438 e. The van der Waals surface area contributed by atoms with Crippen LogP contribution in [-0.2, 0) is 13.0 Å². The van der Waals surface area contributed by atoms with E-state index in [-0.39, 0.29) is 0 Å². The molecule has 5 heteroatoms. The molecule has 0 saturated heterocycles. The van der Waals surface area contributed by atoms with Gasteiger partial charge >= 0.3 is 0 Å². The number of nitrogens with two attached hydrogens (primary N) is 1. The lowest BCUT2D eigenvalue weighted by atomic mass is 10.0. The lowest BCUT2D eigenvalue weighted by Crippen LogP contribution is -2.18. The minimum absolute atomic E-state index is 0.354. The summed E-state index contributed by atoms with van der Waals surface area (Å²) >= 11 is 0. The molecule has 1 amide bonds. The lowest BCUT2D eigenvalue weighted by Gasteiger charge is -2.16. The molecule has 1 aliphatic rings. The van der Waals surface area contributed by atoms with Gasteiger partial charge in [0.1, 0.15) is 5.75 Å². The van der Waals surface area contributed by atoms with Gasteiger partial charge in [-0.3, -0.25) is 4.79 Å². The molecule has 1 aliphatic carbocycles. The molecule has 3 N–H and O–H groups in total. The summed E-state index contributed by atoms with van der Waals surface area (Å²) in [6.07, 6.45) is 3.69. The number of carbonyl (C=O) groups is 1. The first kappa shape index (κ1) is 19.3. The number of amides is 1. The predicted molar refractivity (Wildman–Crippen MR) is 121 cm³/mol. The third kappa shape index (κ3) is 3.88. The molecule has 4 aromatic rings. The van der Waals surface area contributed by atoms with E-state index in [1.54, 1.807) is 12.1 Å².